The van der Waals surface area contributed by atoms with Gasteiger partial charge in [-0.05, 0) is 24.1 Å². The average molecular weight is 289 g/mol. The molecule has 0 spiro atoms. The maximum Gasteiger partial charge on any atom is 0.241 e. The molecule has 21 heavy (non-hydrogen) atoms. The minimum atomic E-state index is -0.0189. The zero-order valence-electron chi connectivity index (χ0n) is 12.3. The monoisotopic (exact) mass is 289 g/mol. The smallest absolute Gasteiger partial charge is 0.241 e. The van der Waals surface area contributed by atoms with Gasteiger partial charge in [-0.25, -0.2) is 10.5 Å². The summed E-state index contributed by atoms with van der Waals surface area (Å²) in [6.07, 6.45) is 0. The van der Waals surface area contributed by atoms with Crippen LogP contribution in [0.5, 0.6) is 11.8 Å². The Kier molecular flexibility index (Phi) is 4.11. The van der Waals surface area contributed by atoms with Crippen LogP contribution in [0.3, 0.4) is 0 Å². The molecule has 1 heterocycles. The molecule has 1 aromatic heterocycles. The normalized spacial score (nSPS) is 12.1. The molecule has 7 heteroatoms. The highest BCUT2D eigenvalue weighted by atomic mass is 16.3. The van der Waals surface area contributed by atoms with Gasteiger partial charge in [-0.1, -0.05) is 13.8 Å². The van der Waals surface area contributed by atoms with E-state index in [-0.39, 0.29) is 17.7 Å². The van der Waals surface area contributed by atoms with Crippen LogP contribution >= 0.6 is 0 Å². The van der Waals surface area contributed by atoms with Crippen LogP contribution in [0.25, 0.3) is 10.8 Å². The molecule has 7 nitrogen and oxygen atoms in total. The van der Waals surface area contributed by atoms with Gasteiger partial charge in [-0.15, -0.1) is 5.11 Å². The van der Waals surface area contributed by atoms with Gasteiger partial charge in [0.05, 0.1) is 0 Å². The number of nitrogens with zero attached hydrogens (tertiary/aromatic N) is 3. The number of aromatic nitrogens is 1. The molecule has 0 fully saturated rings. The molecule has 0 radical (unpaired) electrons. The van der Waals surface area contributed by atoms with Crippen LogP contribution in [0.15, 0.2) is 28.3 Å². The molecule has 1 aromatic carbocycles. The summed E-state index contributed by atoms with van der Waals surface area (Å²) in [6, 6.07) is 5.11. The number of hydrogen-bond acceptors (Lipinski definition) is 4. The topological polar surface area (TPSA) is 106 Å². The van der Waals surface area contributed by atoms with E-state index in [9.17, 15) is 10.2 Å². The van der Waals surface area contributed by atoms with Crippen LogP contribution in [0, 0.1) is 11.4 Å². The lowest BCUT2D eigenvalue weighted by atomic mass is 10.2. The van der Waals surface area contributed by atoms with Gasteiger partial charge in [0.2, 0.25) is 17.7 Å². The minimum Gasteiger partial charge on any atom is -0.494 e. The van der Waals surface area contributed by atoms with Crippen molar-refractivity contribution in [1.82, 2.24) is 4.57 Å². The third-order valence-electron chi connectivity index (χ3n) is 3.11. The van der Waals surface area contributed by atoms with Crippen molar-refractivity contribution in [2.75, 3.05) is 11.9 Å². The van der Waals surface area contributed by atoms with Crippen LogP contribution in [-0.4, -0.2) is 27.3 Å². The van der Waals surface area contributed by atoms with Crippen LogP contribution in [0.2, 0.25) is 0 Å². The number of aliphatic imine (C=N–C) groups is 1. The molecule has 0 aliphatic carbocycles. The number of rotatable bonds is 3. The lowest BCUT2D eigenvalue weighted by Crippen LogP contribution is -2.10. The van der Waals surface area contributed by atoms with Crippen molar-refractivity contribution < 1.29 is 10.2 Å². The summed E-state index contributed by atoms with van der Waals surface area (Å²) in [5.41, 5.74) is 7.78. The van der Waals surface area contributed by atoms with E-state index in [2.05, 4.69) is 15.4 Å². The number of nitrogens with one attached hydrogen (secondary N) is 2. The SMILES string of the molecule is CC(C)CN=C(N=N)Nc1ccc2c(O)n(C)c(O)c2c1. The second kappa shape index (κ2) is 5.82. The number of hydrogen-bond donors (Lipinski definition) is 4. The summed E-state index contributed by atoms with van der Waals surface area (Å²) in [4.78, 5) is 4.20. The lowest BCUT2D eigenvalue weighted by molar-refractivity contribution is 0.391. The van der Waals surface area contributed by atoms with Gasteiger partial charge in [0.15, 0.2) is 0 Å². The molecular formula is C14H19N5O2. The van der Waals surface area contributed by atoms with E-state index in [1.54, 1.807) is 25.2 Å². The van der Waals surface area contributed by atoms with E-state index in [4.69, 9.17) is 5.53 Å². The quantitative estimate of drug-likeness (QED) is 0.396. The molecule has 0 unspecified atom stereocenters. The number of aromatic hydroxyl groups is 2. The van der Waals surface area contributed by atoms with Crippen molar-refractivity contribution in [2.45, 2.75) is 13.8 Å². The first-order chi connectivity index (χ1) is 9.93. The molecular weight excluding hydrogens is 270 g/mol. The van der Waals surface area contributed by atoms with Crippen molar-refractivity contribution >= 4 is 22.4 Å². The van der Waals surface area contributed by atoms with Gasteiger partial charge >= 0.3 is 0 Å². The van der Waals surface area contributed by atoms with Crippen LogP contribution in [0.4, 0.5) is 5.69 Å². The van der Waals surface area contributed by atoms with Gasteiger partial charge in [0.25, 0.3) is 0 Å². The number of anilines is 1. The van der Waals surface area contributed by atoms with E-state index in [0.717, 1.165) is 0 Å². The fraction of sp³-hybridized carbons (Fsp3) is 0.357. The lowest BCUT2D eigenvalue weighted by Gasteiger charge is -2.06. The number of benzene rings is 1. The summed E-state index contributed by atoms with van der Waals surface area (Å²) in [7, 11) is 1.58. The number of guanidine groups is 1. The predicted octanol–water partition coefficient (Wildman–Crippen LogP) is 3.04. The summed E-state index contributed by atoms with van der Waals surface area (Å²) in [5.74, 6) is 0.575. The third-order valence-corrected chi connectivity index (χ3v) is 3.11. The molecule has 112 valence electrons. The maximum absolute atomic E-state index is 9.96. The standard InChI is InChI=1S/C14H19N5O2/c1-8(2)7-16-14(18-15)17-9-4-5-10-11(6-9)13(21)19(3)12(10)20/h4-6,8,15,20-21H,7H2,1-3H3,(H,16,17). The van der Waals surface area contributed by atoms with Crippen molar-refractivity contribution in [3.63, 3.8) is 0 Å². The van der Waals surface area contributed by atoms with Crippen molar-refractivity contribution in [3.05, 3.63) is 18.2 Å². The van der Waals surface area contributed by atoms with Crippen molar-refractivity contribution in [2.24, 2.45) is 23.1 Å². The Morgan fingerprint density at radius 3 is 2.57 bits per heavy atom. The fourth-order valence-corrected chi connectivity index (χ4v) is 1.96. The minimum absolute atomic E-state index is 0.00734. The Hall–Kier alpha value is -2.57. The third kappa shape index (κ3) is 2.96. The molecule has 0 saturated carbocycles. The zero-order chi connectivity index (χ0) is 15.6. The average Bonchev–Trinajstić information content (AvgIpc) is 2.68. The summed E-state index contributed by atoms with van der Waals surface area (Å²) < 4.78 is 1.30. The predicted molar refractivity (Wildman–Crippen MR) is 82.2 cm³/mol. The van der Waals surface area contributed by atoms with Gasteiger partial charge in [-0.2, -0.15) is 0 Å². The largest absolute Gasteiger partial charge is 0.494 e. The Balaban J connectivity index is 2.33. The Labute approximate surface area is 122 Å². The Bertz CT molecular complexity index is 703. The van der Waals surface area contributed by atoms with Crippen LogP contribution in [-0.2, 0) is 7.05 Å². The molecule has 0 atom stereocenters. The fourth-order valence-electron chi connectivity index (χ4n) is 1.96. The number of fused-ring (bicyclic) bond motifs is 1. The first kappa shape index (κ1) is 14.8. The van der Waals surface area contributed by atoms with Gasteiger partial charge in [0, 0.05) is 30.1 Å². The highest BCUT2D eigenvalue weighted by molar-refractivity contribution is 5.99. The molecule has 0 amide bonds. The first-order valence-corrected chi connectivity index (χ1v) is 6.63. The Morgan fingerprint density at radius 2 is 1.95 bits per heavy atom. The van der Waals surface area contributed by atoms with Crippen LogP contribution < -0.4 is 5.32 Å². The van der Waals surface area contributed by atoms with E-state index in [1.165, 1.54) is 4.57 Å². The summed E-state index contributed by atoms with van der Waals surface area (Å²) in [6.45, 7) is 4.63. The molecule has 0 saturated heterocycles. The van der Waals surface area contributed by atoms with E-state index >= 15 is 0 Å². The molecule has 0 aliphatic heterocycles. The molecule has 2 rings (SSSR count). The highest BCUT2D eigenvalue weighted by Crippen LogP contribution is 2.36. The molecule has 4 N–H and O–H groups in total. The molecule has 2 aromatic rings. The summed E-state index contributed by atoms with van der Waals surface area (Å²) in [5, 5.41) is 27.2. The first-order valence-electron chi connectivity index (χ1n) is 6.63. The van der Waals surface area contributed by atoms with Crippen molar-refractivity contribution in [1.29, 1.82) is 5.53 Å². The van der Waals surface area contributed by atoms with Gasteiger partial charge in [-0.3, -0.25) is 4.57 Å². The van der Waals surface area contributed by atoms with Gasteiger partial charge in [0.1, 0.15) is 0 Å². The summed E-state index contributed by atoms with van der Waals surface area (Å²) >= 11 is 0. The van der Waals surface area contributed by atoms with E-state index in [0.29, 0.717) is 28.9 Å². The van der Waals surface area contributed by atoms with E-state index in [1.807, 2.05) is 13.8 Å². The maximum atomic E-state index is 9.96. The van der Waals surface area contributed by atoms with E-state index < -0.39 is 0 Å². The molecule has 0 bridgehead atoms. The zero-order valence-corrected chi connectivity index (χ0v) is 12.3. The second-order valence-electron chi connectivity index (χ2n) is 5.26. The highest BCUT2D eigenvalue weighted by Gasteiger charge is 2.13. The van der Waals surface area contributed by atoms with Gasteiger partial charge < -0.3 is 15.5 Å². The second-order valence-corrected chi connectivity index (χ2v) is 5.26. The van der Waals surface area contributed by atoms with Crippen LogP contribution in [0.1, 0.15) is 13.8 Å². The Morgan fingerprint density at radius 1 is 1.29 bits per heavy atom. The molecule has 0 aliphatic rings. The van der Waals surface area contributed by atoms with Crippen molar-refractivity contribution in [3.8, 4) is 11.8 Å².